The Bertz CT molecular complexity index is 800. The zero-order valence-electron chi connectivity index (χ0n) is 11.8. The number of benzene rings is 1. The molecule has 0 radical (unpaired) electrons. The number of para-hydroxylation sites is 2. The van der Waals surface area contributed by atoms with Gasteiger partial charge in [-0.2, -0.15) is 5.26 Å². The summed E-state index contributed by atoms with van der Waals surface area (Å²) in [5.41, 5.74) is 2.28. The van der Waals surface area contributed by atoms with Gasteiger partial charge in [-0.1, -0.05) is 23.9 Å². The van der Waals surface area contributed by atoms with Crippen molar-refractivity contribution in [2.24, 2.45) is 7.05 Å². The standard InChI is InChI=1S/C15H14N4OS/c1-3-19-13(20)9-21-15(19)10(8-16)14-17-11-6-4-5-7-12(11)18(14)2/h4-7H,3,9H2,1-2H3/b15-10-. The number of amides is 1. The molecule has 5 nitrogen and oxygen atoms in total. The van der Waals surface area contributed by atoms with Crippen LogP contribution >= 0.6 is 11.8 Å². The SMILES string of the molecule is CCN1C(=O)CS/C1=C(/C#N)c1nc2ccccc2n1C. The molecule has 1 aromatic carbocycles. The molecule has 3 rings (SSSR count). The zero-order chi connectivity index (χ0) is 15.0. The number of thioether (sulfide) groups is 1. The Hall–Kier alpha value is -2.26. The number of rotatable bonds is 2. The van der Waals surface area contributed by atoms with Crippen LogP contribution in [0.15, 0.2) is 29.3 Å². The Morgan fingerprint density at radius 1 is 1.48 bits per heavy atom. The van der Waals surface area contributed by atoms with Crippen LogP contribution in [-0.2, 0) is 11.8 Å². The molecule has 0 spiro atoms. The highest BCUT2D eigenvalue weighted by molar-refractivity contribution is 8.04. The Morgan fingerprint density at radius 2 is 2.24 bits per heavy atom. The van der Waals surface area contributed by atoms with Crippen molar-refractivity contribution in [3.05, 3.63) is 35.1 Å². The summed E-state index contributed by atoms with van der Waals surface area (Å²) in [7, 11) is 1.89. The maximum atomic E-state index is 11.9. The molecule has 1 fully saturated rings. The predicted octanol–water partition coefficient (Wildman–Crippen LogP) is 2.36. The van der Waals surface area contributed by atoms with Crippen molar-refractivity contribution in [2.75, 3.05) is 12.3 Å². The number of aromatic nitrogens is 2. The lowest BCUT2D eigenvalue weighted by molar-refractivity contribution is -0.125. The second-order valence-electron chi connectivity index (χ2n) is 4.70. The number of hydrogen-bond acceptors (Lipinski definition) is 4. The van der Waals surface area contributed by atoms with Gasteiger partial charge in [0.1, 0.15) is 11.6 Å². The van der Waals surface area contributed by atoms with Gasteiger partial charge in [0, 0.05) is 13.6 Å². The summed E-state index contributed by atoms with van der Waals surface area (Å²) < 4.78 is 1.90. The van der Waals surface area contributed by atoms with Gasteiger partial charge in [-0.05, 0) is 19.1 Å². The normalized spacial score (nSPS) is 17.4. The first-order valence-corrected chi connectivity index (χ1v) is 7.65. The third-order valence-electron chi connectivity index (χ3n) is 3.53. The second-order valence-corrected chi connectivity index (χ2v) is 5.67. The van der Waals surface area contributed by atoms with E-state index in [0.29, 0.717) is 28.7 Å². The molecule has 0 bridgehead atoms. The number of nitriles is 1. The van der Waals surface area contributed by atoms with E-state index in [2.05, 4.69) is 11.1 Å². The van der Waals surface area contributed by atoms with E-state index in [1.165, 1.54) is 11.8 Å². The van der Waals surface area contributed by atoms with E-state index in [1.807, 2.05) is 42.8 Å². The molecule has 6 heteroatoms. The Balaban J connectivity index is 2.22. The maximum absolute atomic E-state index is 11.9. The highest BCUT2D eigenvalue weighted by Gasteiger charge is 2.30. The van der Waals surface area contributed by atoms with Crippen LogP contribution in [-0.4, -0.2) is 32.7 Å². The largest absolute Gasteiger partial charge is 0.326 e. The lowest BCUT2D eigenvalue weighted by Crippen LogP contribution is -2.24. The van der Waals surface area contributed by atoms with Crippen molar-refractivity contribution < 1.29 is 4.79 Å². The Kier molecular flexibility index (Phi) is 3.43. The number of allylic oxidation sites excluding steroid dienone is 1. The third-order valence-corrected chi connectivity index (χ3v) is 4.62. The summed E-state index contributed by atoms with van der Waals surface area (Å²) in [4.78, 5) is 18.1. The van der Waals surface area contributed by atoms with Gasteiger partial charge in [0.25, 0.3) is 0 Å². The Morgan fingerprint density at radius 3 is 2.90 bits per heavy atom. The molecule has 0 unspecified atom stereocenters. The van der Waals surface area contributed by atoms with Crippen molar-refractivity contribution in [2.45, 2.75) is 6.92 Å². The van der Waals surface area contributed by atoms with Crippen LogP contribution in [0.4, 0.5) is 0 Å². The first-order valence-electron chi connectivity index (χ1n) is 6.66. The Labute approximate surface area is 126 Å². The summed E-state index contributed by atoms with van der Waals surface area (Å²) in [6.45, 7) is 2.48. The van der Waals surface area contributed by atoms with Crippen LogP contribution in [0.2, 0.25) is 0 Å². The predicted molar refractivity (Wildman–Crippen MR) is 83.1 cm³/mol. The number of hydrogen-bond donors (Lipinski definition) is 0. The summed E-state index contributed by atoms with van der Waals surface area (Å²) in [5, 5.41) is 10.3. The van der Waals surface area contributed by atoms with Gasteiger partial charge >= 0.3 is 0 Å². The summed E-state index contributed by atoms with van der Waals surface area (Å²) in [6.07, 6.45) is 0. The van der Waals surface area contributed by atoms with E-state index < -0.39 is 0 Å². The molecule has 1 amide bonds. The maximum Gasteiger partial charge on any atom is 0.237 e. The average Bonchev–Trinajstić information content (AvgIpc) is 3.02. The van der Waals surface area contributed by atoms with Crippen LogP contribution in [0.1, 0.15) is 12.7 Å². The number of fused-ring (bicyclic) bond motifs is 1. The summed E-state index contributed by atoms with van der Waals surface area (Å²) >= 11 is 1.41. The fourth-order valence-electron chi connectivity index (χ4n) is 2.49. The van der Waals surface area contributed by atoms with Crippen LogP contribution in [0.25, 0.3) is 16.6 Å². The number of carbonyl (C=O) groups is 1. The van der Waals surface area contributed by atoms with Crippen molar-refractivity contribution >= 4 is 34.3 Å². The molecule has 0 saturated carbocycles. The van der Waals surface area contributed by atoms with Crippen LogP contribution < -0.4 is 0 Å². The van der Waals surface area contributed by atoms with Gasteiger partial charge in [0.2, 0.25) is 5.91 Å². The molecule has 0 N–H and O–H groups in total. The molecule has 2 aromatic rings. The highest BCUT2D eigenvalue weighted by Crippen LogP contribution is 2.35. The molecule has 106 valence electrons. The highest BCUT2D eigenvalue weighted by atomic mass is 32.2. The van der Waals surface area contributed by atoms with Crippen LogP contribution in [0.3, 0.4) is 0 Å². The fourth-order valence-corrected chi connectivity index (χ4v) is 3.57. The van der Waals surface area contributed by atoms with E-state index in [0.717, 1.165) is 11.0 Å². The number of carbonyl (C=O) groups excluding carboxylic acids is 1. The van der Waals surface area contributed by atoms with Gasteiger partial charge in [-0.25, -0.2) is 4.98 Å². The number of imidazole rings is 1. The minimum Gasteiger partial charge on any atom is -0.326 e. The summed E-state index contributed by atoms with van der Waals surface area (Å²) in [6, 6.07) is 9.98. The molecular weight excluding hydrogens is 284 g/mol. The fraction of sp³-hybridized carbons (Fsp3) is 0.267. The third kappa shape index (κ3) is 2.10. The first kappa shape index (κ1) is 13.7. The quantitative estimate of drug-likeness (QED) is 0.799. The monoisotopic (exact) mass is 298 g/mol. The van der Waals surface area contributed by atoms with E-state index in [9.17, 15) is 10.1 Å². The minimum atomic E-state index is 0.0454. The van der Waals surface area contributed by atoms with E-state index in [-0.39, 0.29) is 5.91 Å². The van der Waals surface area contributed by atoms with E-state index in [1.54, 1.807) is 4.90 Å². The number of nitrogens with zero attached hydrogens (tertiary/aromatic N) is 4. The molecule has 1 saturated heterocycles. The average molecular weight is 298 g/mol. The van der Waals surface area contributed by atoms with Crippen molar-refractivity contribution in [1.29, 1.82) is 5.26 Å². The lowest BCUT2D eigenvalue weighted by Gasteiger charge is -2.15. The number of aryl methyl sites for hydroxylation is 1. The summed E-state index contributed by atoms with van der Waals surface area (Å²) in [5.74, 6) is 1.04. The van der Waals surface area contributed by atoms with Crippen molar-refractivity contribution in [1.82, 2.24) is 14.5 Å². The van der Waals surface area contributed by atoms with Gasteiger partial charge in [0.05, 0.1) is 21.8 Å². The zero-order valence-corrected chi connectivity index (χ0v) is 12.6. The van der Waals surface area contributed by atoms with E-state index in [4.69, 9.17) is 0 Å². The molecule has 2 heterocycles. The van der Waals surface area contributed by atoms with Crippen LogP contribution in [0.5, 0.6) is 0 Å². The van der Waals surface area contributed by atoms with Crippen molar-refractivity contribution in [3.63, 3.8) is 0 Å². The topological polar surface area (TPSA) is 61.9 Å². The van der Waals surface area contributed by atoms with Gasteiger partial charge in [0.15, 0.2) is 5.82 Å². The molecule has 0 aliphatic carbocycles. The first-order chi connectivity index (χ1) is 10.2. The van der Waals surface area contributed by atoms with Gasteiger partial charge in [-0.3, -0.25) is 4.79 Å². The molecule has 1 aromatic heterocycles. The smallest absolute Gasteiger partial charge is 0.237 e. The molecular formula is C15H14N4OS. The minimum absolute atomic E-state index is 0.0454. The van der Waals surface area contributed by atoms with Crippen molar-refractivity contribution in [3.8, 4) is 6.07 Å². The van der Waals surface area contributed by atoms with Gasteiger partial charge < -0.3 is 9.47 Å². The molecule has 0 atom stereocenters. The van der Waals surface area contributed by atoms with Crippen LogP contribution in [0, 0.1) is 11.3 Å². The molecule has 1 aliphatic heterocycles. The van der Waals surface area contributed by atoms with E-state index >= 15 is 0 Å². The second kappa shape index (κ2) is 5.26. The molecule has 1 aliphatic rings. The lowest BCUT2D eigenvalue weighted by atomic mass is 10.3. The molecule has 21 heavy (non-hydrogen) atoms. The van der Waals surface area contributed by atoms with Gasteiger partial charge in [-0.15, -0.1) is 0 Å².